The normalized spacial score (nSPS) is 16.3. The van der Waals surface area contributed by atoms with Crippen molar-refractivity contribution in [2.24, 2.45) is 0 Å². The van der Waals surface area contributed by atoms with E-state index < -0.39 is 9.84 Å². The highest BCUT2D eigenvalue weighted by molar-refractivity contribution is 7.91. The van der Waals surface area contributed by atoms with Gasteiger partial charge >= 0.3 is 0 Å². The fourth-order valence-electron chi connectivity index (χ4n) is 2.13. The molecular weight excluding hydrogens is 292 g/mol. The van der Waals surface area contributed by atoms with Crippen LogP contribution in [0.15, 0.2) is 52.3 Å². The molecule has 0 aliphatic carbocycles. The van der Waals surface area contributed by atoms with Gasteiger partial charge in [0.1, 0.15) is 33.1 Å². The van der Waals surface area contributed by atoms with Gasteiger partial charge in [-0.3, -0.25) is 0 Å². The molecule has 1 heterocycles. The summed E-state index contributed by atoms with van der Waals surface area (Å²) in [4.78, 5) is 0.278. The van der Waals surface area contributed by atoms with E-state index in [9.17, 15) is 8.42 Å². The summed E-state index contributed by atoms with van der Waals surface area (Å²) in [6, 6.07) is 11.0. The van der Waals surface area contributed by atoms with Crippen molar-refractivity contribution in [3.63, 3.8) is 0 Å². The van der Waals surface area contributed by atoms with Crippen molar-refractivity contribution in [3.8, 4) is 17.2 Å². The first kappa shape index (κ1) is 13.9. The lowest BCUT2D eigenvalue weighted by Gasteiger charge is -2.21. The molecule has 1 aliphatic heterocycles. The first-order chi connectivity index (χ1) is 10.0. The Bertz CT molecular complexity index is 782. The van der Waals surface area contributed by atoms with Gasteiger partial charge in [0.15, 0.2) is 0 Å². The summed E-state index contributed by atoms with van der Waals surface area (Å²) < 4.78 is 36.2. The van der Waals surface area contributed by atoms with Gasteiger partial charge in [0, 0.05) is 6.07 Å². The molecule has 0 spiro atoms. The number of sulfone groups is 1. The zero-order chi connectivity index (χ0) is 15.0. The molecule has 0 radical (unpaired) electrons. The minimum atomic E-state index is -3.58. The van der Waals surface area contributed by atoms with E-state index in [1.807, 2.05) is 0 Å². The van der Waals surface area contributed by atoms with Gasteiger partial charge in [0.2, 0.25) is 9.84 Å². The van der Waals surface area contributed by atoms with E-state index in [2.05, 4.69) is 0 Å². The maximum absolute atomic E-state index is 12.5. The monoisotopic (exact) mass is 306 g/mol. The Morgan fingerprint density at radius 1 is 1.14 bits per heavy atom. The van der Waals surface area contributed by atoms with Gasteiger partial charge < -0.3 is 14.6 Å². The summed E-state index contributed by atoms with van der Waals surface area (Å²) in [5, 5.41) is 9.00. The summed E-state index contributed by atoms with van der Waals surface area (Å²) in [5.41, 5.74) is 0. The highest BCUT2D eigenvalue weighted by Crippen LogP contribution is 2.43. The maximum Gasteiger partial charge on any atom is 0.213 e. The Kier molecular flexibility index (Phi) is 3.35. The van der Waals surface area contributed by atoms with Crippen molar-refractivity contribution >= 4 is 9.84 Å². The van der Waals surface area contributed by atoms with Crippen LogP contribution in [0.4, 0.5) is 0 Å². The van der Waals surface area contributed by atoms with Crippen molar-refractivity contribution in [2.75, 3.05) is 6.61 Å². The number of rotatable bonds is 3. The van der Waals surface area contributed by atoms with Crippen LogP contribution in [-0.2, 0) is 9.84 Å². The molecule has 0 saturated heterocycles. The number of aliphatic hydroxyl groups is 1. The first-order valence-corrected chi connectivity index (χ1v) is 7.94. The lowest BCUT2D eigenvalue weighted by Crippen LogP contribution is -2.16. The van der Waals surface area contributed by atoms with Gasteiger partial charge in [0.25, 0.3) is 0 Å². The van der Waals surface area contributed by atoms with E-state index in [-0.39, 0.29) is 28.3 Å². The van der Waals surface area contributed by atoms with Gasteiger partial charge in [-0.1, -0.05) is 12.1 Å². The van der Waals surface area contributed by atoms with E-state index in [1.165, 1.54) is 18.2 Å². The van der Waals surface area contributed by atoms with Crippen LogP contribution in [0.5, 0.6) is 17.2 Å². The average molecular weight is 306 g/mol. The molecule has 1 N–H and O–H groups in total. The Hall–Kier alpha value is -2.05. The van der Waals surface area contributed by atoms with Crippen molar-refractivity contribution in [3.05, 3.63) is 42.5 Å². The molecule has 1 aliphatic rings. The van der Waals surface area contributed by atoms with Crippen LogP contribution >= 0.6 is 0 Å². The van der Waals surface area contributed by atoms with Crippen LogP contribution < -0.4 is 9.47 Å². The second kappa shape index (κ2) is 5.05. The zero-order valence-electron chi connectivity index (χ0n) is 11.3. The van der Waals surface area contributed by atoms with Crippen molar-refractivity contribution in [1.82, 2.24) is 0 Å². The Labute approximate surface area is 122 Å². The molecule has 1 atom stereocenters. The van der Waals surface area contributed by atoms with Gasteiger partial charge in [-0.05, 0) is 31.2 Å². The molecule has 3 rings (SSSR count). The molecule has 0 bridgehead atoms. The summed E-state index contributed by atoms with van der Waals surface area (Å²) in [7, 11) is -3.58. The molecule has 0 amide bonds. The van der Waals surface area contributed by atoms with E-state index in [0.717, 1.165) is 0 Å². The number of ether oxygens (including phenoxy) is 2. The maximum atomic E-state index is 12.5. The highest BCUT2D eigenvalue weighted by Gasteiger charge is 2.31. The predicted octanol–water partition coefficient (Wildman–Crippen LogP) is 2.38. The first-order valence-electron chi connectivity index (χ1n) is 6.46. The third-order valence-corrected chi connectivity index (χ3v) is 4.99. The van der Waals surface area contributed by atoms with E-state index in [4.69, 9.17) is 14.6 Å². The second-order valence-corrected chi connectivity index (χ2v) is 6.66. The van der Waals surface area contributed by atoms with Crippen molar-refractivity contribution in [1.29, 1.82) is 0 Å². The fraction of sp³-hybridized carbons (Fsp3) is 0.200. The van der Waals surface area contributed by atoms with Gasteiger partial charge in [-0.15, -0.1) is 0 Å². The fourth-order valence-corrected chi connectivity index (χ4v) is 3.61. The Morgan fingerprint density at radius 3 is 2.62 bits per heavy atom. The number of para-hydroxylation sites is 1. The summed E-state index contributed by atoms with van der Waals surface area (Å²) in [6.07, 6.45) is -0.379. The van der Waals surface area contributed by atoms with Crippen molar-refractivity contribution in [2.45, 2.75) is 22.8 Å². The largest absolute Gasteiger partial charge is 0.488 e. The van der Waals surface area contributed by atoms with Crippen LogP contribution in [0.1, 0.15) is 6.92 Å². The van der Waals surface area contributed by atoms with Gasteiger partial charge in [0.05, 0.1) is 6.61 Å². The lowest BCUT2D eigenvalue weighted by atomic mass is 10.3. The van der Waals surface area contributed by atoms with Crippen LogP contribution in [0, 0.1) is 0 Å². The topological polar surface area (TPSA) is 72.8 Å². The summed E-state index contributed by atoms with van der Waals surface area (Å²) in [5.74, 6) is 0.985. The zero-order valence-corrected chi connectivity index (χ0v) is 12.1. The molecule has 5 nitrogen and oxygen atoms in total. The lowest BCUT2D eigenvalue weighted by molar-refractivity contribution is 0.129. The Balaban J connectivity index is 2.06. The number of hydrogen-bond acceptors (Lipinski definition) is 5. The van der Waals surface area contributed by atoms with Gasteiger partial charge in [-0.25, -0.2) is 8.42 Å². The molecule has 0 saturated carbocycles. The number of benzene rings is 2. The number of fused-ring (bicyclic) bond motifs is 2. The standard InChI is InChI=1S/C15H14O5S/c1-10(9-16)19-11-6-7-15-13(8-11)20-12-4-2-3-5-14(12)21(15,17)18/h2-8,10,16H,9H2,1H3. The van der Waals surface area contributed by atoms with Crippen LogP contribution in [0.25, 0.3) is 0 Å². The third kappa shape index (κ3) is 2.36. The molecule has 110 valence electrons. The van der Waals surface area contributed by atoms with Crippen LogP contribution in [0.3, 0.4) is 0 Å². The third-order valence-electron chi connectivity index (χ3n) is 3.16. The predicted molar refractivity (Wildman–Crippen MR) is 75.6 cm³/mol. The minimum absolute atomic E-state index is 0.116. The molecular formula is C15H14O5S. The van der Waals surface area contributed by atoms with Crippen molar-refractivity contribution < 1.29 is 23.0 Å². The van der Waals surface area contributed by atoms with E-state index in [0.29, 0.717) is 11.5 Å². The second-order valence-electron chi connectivity index (χ2n) is 4.77. The molecule has 0 fully saturated rings. The van der Waals surface area contributed by atoms with Crippen LogP contribution in [-0.4, -0.2) is 26.2 Å². The SMILES string of the molecule is CC(CO)Oc1ccc2c(c1)Oc1ccccc1S2(=O)=O. The summed E-state index contributed by atoms with van der Waals surface area (Å²) in [6.45, 7) is 1.59. The van der Waals surface area contributed by atoms with Crippen LogP contribution in [0.2, 0.25) is 0 Å². The van der Waals surface area contributed by atoms with E-state index in [1.54, 1.807) is 31.2 Å². The minimum Gasteiger partial charge on any atom is -0.488 e. The molecule has 2 aromatic rings. The van der Waals surface area contributed by atoms with E-state index >= 15 is 0 Å². The average Bonchev–Trinajstić information content (AvgIpc) is 2.47. The molecule has 6 heteroatoms. The van der Waals surface area contributed by atoms with Gasteiger partial charge in [-0.2, -0.15) is 0 Å². The highest BCUT2D eigenvalue weighted by atomic mass is 32.2. The number of hydrogen-bond donors (Lipinski definition) is 1. The molecule has 1 unspecified atom stereocenters. The smallest absolute Gasteiger partial charge is 0.213 e. The quantitative estimate of drug-likeness (QED) is 0.804. The summed E-state index contributed by atoms with van der Waals surface area (Å²) >= 11 is 0. The molecule has 0 aromatic heterocycles. The molecule has 21 heavy (non-hydrogen) atoms. The Morgan fingerprint density at radius 2 is 1.86 bits per heavy atom. The number of aliphatic hydroxyl groups excluding tert-OH is 1. The molecule has 2 aromatic carbocycles.